The first-order valence-corrected chi connectivity index (χ1v) is 9.54. The molecule has 0 spiro atoms. The average molecular weight is 378 g/mol. The number of carbonyl (C=O) groups excluding carboxylic acids is 1. The first-order chi connectivity index (χ1) is 9.13. The van der Waals surface area contributed by atoms with Crippen LogP contribution in [-0.2, 0) is 27.9 Å². The summed E-state index contributed by atoms with van der Waals surface area (Å²) in [5.74, 6) is 0.314. The second-order valence-corrected chi connectivity index (χ2v) is 8.62. The molecule has 0 aliphatic heterocycles. The van der Waals surface area contributed by atoms with Crippen LogP contribution in [0.1, 0.15) is 10.4 Å². The second kappa shape index (κ2) is 7.33. The second-order valence-electron chi connectivity index (χ2n) is 3.84. The van der Waals surface area contributed by atoms with E-state index in [1.165, 1.54) is 0 Å². The molecule has 1 atom stereocenters. The first-order valence-electron chi connectivity index (χ1n) is 5.50. The molecule has 2 heterocycles. The van der Waals surface area contributed by atoms with Gasteiger partial charge in [-0.2, -0.15) is 0 Å². The van der Waals surface area contributed by atoms with Crippen molar-refractivity contribution in [2.45, 2.75) is 12.3 Å². The zero-order valence-electron chi connectivity index (χ0n) is 9.93. The molecule has 0 saturated heterocycles. The molecular formula is C12H12BrNO2S3. The van der Waals surface area contributed by atoms with Crippen LogP contribution in [0.15, 0.2) is 32.7 Å². The molecule has 0 saturated carbocycles. The molecule has 19 heavy (non-hydrogen) atoms. The summed E-state index contributed by atoms with van der Waals surface area (Å²) in [6.07, 6.45) is 0. The minimum atomic E-state index is -1.16. The fourth-order valence-electron chi connectivity index (χ4n) is 1.45. The Hall–Kier alpha value is -0.500. The van der Waals surface area contributed by atoms with Gasteiger partial charge in [-0.3, -0.25) is 9.00 Å². The van der Waals surface area contributed by atoms with E-state index < -0.39 is 10.8 Å². The van der Waals surface area contributed by atoms with Crippen LogP contribution in [0.3, 0.4) is 0 Å². The van der Waals surface area contributed by atoms with Crippen LogP contribution < -0.4 is 5.32 Å². The molecule has 0 radical (unpaired) electrons. The summed E-state index contributed by atoms with van der Waals surface area (Å²) in [6, 6.07) is 5.84. The van der Waals surface area contributed by atoms with Gasteiger partial charge in [-0.05, 0) is 44.4 Å². The summed E-state index contributed by atoms with van der Waals surface area (Å²) in [6.45, 7) is 0.512. The molecule has 1 amide bonds. The van der Waals surface area contributed by atoms with Crippen LogP contribution >= 0.6 is 38.6 Å². The van der Waals surface area contributed by atoms with E-state index in [1.807, 2.05) is 29.0 Å². The summed E-state index contributed by atoms with van der Waals surface area (Å²) in [7, 11) is -1.16. The third-order valence-electron chi connectivity index (χ3n) is 2.28. The van der Waals surface area contributed by atoms with Crippen molar-refractivity contribution >= 4 is 55.3 Å². The molecule has 0 aromatic carbocycles. The Balaban J connectivity index is 1.74. The SMILES string of the molecule is O=C(C[S@](=O)Cc1csc(Br)c1)NCc1cccs1. The number of carbonyl (C=O) groups is 1. The molecule has 3 nitrogen and oxygen atoms in total. The highest BCUT2D eigenvalue weighted by Gasteiger charge is 2.09. The summed E-state index contributed by atoms with van der Waals surface area (Å²) in [4.78, 5) is 12.7. The van der Waals surface area contributed by atoms with Gasteiger partial charge in [-0.1, -0.05) is 6.07 Å². The Morgan fingerprint density at radius 2 is 2.26 bits per heavy atom. The van der Waals surface area contributed by atoms with Crippen molar-refractivity contribution in [3.63, 3.8) is 0 Å². The third-order valence-corrected chi connectivity index (χ3v) is 5.95. The van der Waals surface area contributed by atoms with Gasteiger partial charge in [-0.15, -0.1) is 22.7 Å². The molecule has 0 aliphatic rings. The van der Waals surface area contributed by atoms with Crippen LogP contribution in [-0.4, -0.2) is 15.9 Å². The fraction of sp³-hybridized carbons (Fsp3) is 0.250. The quantitative estimate of drug-likeness (QED) is 0.840. The normalized spacial score (nSPS) is 12.3. The van der Waals surface area contributed by atoms with Crippen molar-refractivity contribution in [2.75, 3.05) is 5.75 Å². The Kier molecular flexibility index (Phi) is 5.75. The van der Waals surface area contributed by atoms with Crippen LogP contribution in [0.5, 0.6) is 0 Å². The minimum Gasteiger partial charge on any atom is -0.350 e. The molecule has 7 heteroatoms. The maximum Gasteiger partial charge on any atom is 0.232 e. The van der Waals surface area contributed by atoms with E-state index in [2.05, 4.69) is 21.2 Å². The van der Waals surface area contributed by atoms with E-state index in [-0.39, 0.29) is 11.7 Å². The van der Waals surface area contributed by atoms with Crippen molar-refractivity contribution in [1.82, 2.24) is 5.32 Å². The lowest BCUT2D eigenvalue weighted by molar-refractivity contribution is -0.118. The van der Waals surface area contributed by atoms with Gasteiger partial charge in [0.05, 0.1) is 10.3 Å². The van der Waals surface area contributed by atoms with Crippen LogP contribution in [0.25, 0.3) is 0 Å². The Bertz CT molecular complexity index is 565. The summed E-state index contributed by atoms with van der Waals surface area (Å²) >= 11 is 6.51. The molecule has 2 aromatic rings. The number of hydrogen-bond acceptors (Lipinski definition) is 4. The highest BCUT2D eigenvalue weighted by molar-refractivity contribution is 9.11. The summed E-state index contributed by atoms with van der Waals surface area (Å²) in [5.41, 5.74) is 1.00. The van der Waals surface area contributed by atoms with E-state index in [0.717, 1.165) is 14.2 Å². The number of hydrogen-bond donors (Lipinski definition) is 1. The number of halogens is 1. The summed E-state index contributed by atoms with van der Waals surface area (Å²) < 4.78 is 12.9. The Morgan fingerprint density at radius 1 is 1.42 bits per heavy atom. The Morgan fingerprint density at radius 3 is 2.89 bits per heavy atom. The van der Waals surface area contributed by atoms with Crippen molar-refractivity contribution in [1.29, 1.82) is 0 Å². The first kappa shape index (κ1) is 14.9. The van der Waals surface area contributed by atoms with Gasteiger partial charge in [0.25, 0.3) is 0 Å². The smallest absolute Gasteiger partial charge is 0.232 e. The van der Waals surface area contributed by atoms with Gasteiger partial charge in [-0.25, -0.2) is 0 Å². The van der Waals surface area contributed by atoms with Crippen molar-refractivity contribution in [2.24, 2.45) is 0 Å². The standard InChI is InChI=1S/C12H12BrNO2S3/c13-11-4-9(6-18-11)7-19(16)8-12(15)14-5-10-2-1-3-17-10/h1-4,6H,5,7-8H2,(H,14,15)/t19-/m1/s1. The molecule has 2 rings (SSSR count). The van der Waals surface area contributed by atoms with Crippen LogP contribution in [0.4, 0.5) is 0 Å². The monoisotopic (exact) mass is 377 g/mol. The fourth-order valence-corrected chi connectivity index (χ4v) is 4.45. The van der Waals surface area contributed by atoms with Gasteiger partial charge in [0, 0.05) is 21.4 Å². The van der Waals surface area contributed by atoms with Crippen LogP contribution in [0, 0.1) is 0 Å². The van der Waals surface area contributed by atoms with Crippen LogP contribution in [0.2, 0.25) is 0 Å². The predicted molar refractivity (Wildman–Crippen MR) is 84.9 cm³/mol. The topological polar surface area (TPSA) is 46.2 Å². The maximum atomic E-state index is 11.8. The van der Waals surface area contributed by atoms with E-state index in [0.29, 0.717) is 12.3 Å². The number of nitrogens with one attached hydrogen (secondary N) is 1. The van der Waals surface area contributed by atoms with Gasteiger partial charge in [0.2, 0.25) is 5.91 Å². The zero-order chi connectivity index (χ0) is 13.7. The lowest BCUT2D eigenvalue weighted by atomic mass is 10.4. The maximum absolute atomic E-state index is 11.8. The van der Waals surface area contributed by atoms with E-state index in [1.54, 1.807) is 22.7 Å². The summed E-state index contributed by atoms with van der Waals surface area (Å²) in [5, 5.41) is 6.70. The molecule has 0 unspecified atom stereocenters. The predicted octanol–water partition coefficient (Wildman–Crippen LogP) is 3.14. The lowest BCUT2D eigenvalue weighted by Gasteiger charge is -2.03. The van der Waals surface area contributed by atoms with Crippen molar-refractivity contribution < 1.29 is 9.00 Å². The molecule has 0 fully saturated rings. The molecule has 1 N–H and O–H groups in total. The number of amides is 1. The Labute approximate surface area is 130 Å². The van der Waals surface area contributed by atoms with E-state index >= 15 is 0 Å². The van der Waals surface area contributed by atoms with E-state index in [9.17, 15) is 9.00 Å². The lowest BCUT2D eigenvalue weighted by Crippen LogP contribution is -2.27. The highest BCUT2D eigenvalue weighted by atomic mass is 79.9. The number of rotatable bonds is 6. The average Bonchev–Trinajstić information content (AvgIpc) is 2.98. The van der Waals surface area contributed by atoms with Gasteiger partial charge >= 0.3 is 0 Å². The number of thiophene rings is 2. The largest absolute Gasteiger partial charge is 0.350 e. The van der Waals surface area contributed by atoms with E-state index in [4.69, 9.17) is 0 Å². The molecule has 2 aromatic heterocycles. The minimum absolute atomic E-state index is 0.0544. The van der Waals surface area contributed by atoms with Crippen molar-refractivity contribution in [3.8, 4) is 0 Å². The molecule has 102 valence electrons. The molecular weight excluding hydrogens is 366 g/mol. The van der Waals surface area contributed by atoms with Crippen molar-refractivity contribution in [3.05, 3.63) is 43.2 Å². The van der Waals surface area contributed by atoms with Gasteiger partial charge < -0.3 is 5.32 Å². The van der Waals surface area contributed by atoms with Gasteiger partial charge in [0.1, 0.15) is 5.75 Å². The highest BCUT2D eigenvalue weighted by Crippen LogP contribution is 2.21. The van der Waals surface area contributed by atoms with Gasteiger partial charge in [0.15, 0.2) is 0 Å². The third kappa shape index (κ3) is 5.18. The molecule has 0 bridgehead atoms. The molecule has 0 aliphatic carbocycles. The zero-order valence-corrected chi connectivity index (χ0v) is 14.0.